The van der Waals surface area contributed by atoms with E-state index in [0.29, 0.717) is 18.1 Å². The molecule has 0 unspecified atom stereocenters. The molecular weight excluding hydrogens is 340 g/mol. The number of carbonyl (C=O) groups is 2. The maximum Gasteiger partial charge on any atom is 0.240 e. The van der Waals surface area contributed by atoms with Gasteiger partial charge in [0, 0.05) is 6.54 Å². The number of primary amides is 1. The zero-order chi connectivity index (χ0) is 17.8. The Hall–Kier alpha value is -2.42. The van der Waals surface area contributed by atoms with Crippen LogP contribution in [0.5, 0.6) is 0 Å². The van der Waals surface area contributed by atoms with Crippen molar-refractivity contribution in [2.45, 2.75) is 37.4 Å². The van der Waals surface area contributed by atoms with Crippen molar-refractivity contribution in [3.05, 3.63) is 29.8 Å². The monoisotopic (exact) mass is 360 g/mol. The van der Waals surface area contributed by atoms with Crippen molar-refractivity contribution in [3.63, 3.8) is 0 Å². The lowest BCUT2D eigenvalue weighted by Gasteiger charge is -2.33. The molecule has 0 spiro atoms. The van der Waals surface area contributed by atoms with Crippen molar-refractivity contribution in [1.82, 2.24) is 25.1 Å². The topological polar surface area (TPSA) is 107 Å². The van der Waals surface area contributed by atoms with Crippen LogP contribution in [0.15, 0.2) is 29.4 Å². The van der Waals surface area contributed by atoms with Gasteiger partial charge in [0.2, 0.25) is 17.0 Å². The molecule has 2 heterocycles. The van der Waals surface area contributed by atoms with E-state index in [2.05, 4.69) is 15.5 Å². The number of aromatic nitrogens is 4. The summed E-state index contributed by atoms with van der Waals surface area (Å²) in [6, 6.07) is 7.29. The van der Waals surface area contributed by atoms with Crippen molar-refractivity contribution < 1.29 is 9.59 Å². The summed E-state index contributed by atoms with van der Waals surface area (Å²) >= 11 is 1.25. The van der Waals surface area contributed by atoms with Gasteiger partial charge in [-0.1, -0.05) is 29.5 Å². The molecule has 9 heteroatoms. The van der Waals surface area contributed by atoms with E-state index in [9.17, 15) is 9.59 Å². The number of hydrogen-bond acceptors (Lipinski definition) is 6. The normalized spacial score (nSPS) is 17.5. The third-order valence-electron chi connectivity index (χ3n) is 4.20. The van der Waals surface area contributed by atoms with Crippen molar-refractivity contribution in [3.8, 4) is 5.69 Å². The summed E-state index contributed by atoms with van der Waals surface area (Å²) in [5.41, 5.74) is 7.40. The fourth-order valence-corrected chi connectivity index (χ4v) is 3.63. The standard InChI is InChI=1S/C16H20N6O2S/c1-11-5-7-12(8-6-11)22-16(18-19-20-22)25-10-14(23)21-9-3-2-4-13(21)15(17)24/h5-8,13H,2-4,9-10H2,1H3,(H2,17,24)/t13-/m1/s1. The molecule has 25 heavy (non-hydrogen) atoms. The van der Waals surface area contributed by atoms with E-state index in [1.165, 1.54) is 11.8 Å². The third kappa shape index (κ3) is 3.98. The summed E-state index contributed by atoms with van der Waals surface area (Å²) in [7, 11) is 0. The van der Waals surface area contributed by atoms with Gasteiger partial charge >= 0.3 is 0 Å². The molecule has 132 valence electrons. The van der Waals surface area contributed by atoms with Crippen LogP contribution in [0.3, 0.4) is 0 Å². The molecule has 0 saturated carbocycles. The number of likely N-dealkylation sites (tertiary alicyclic amines) is 1. The largest absolute Gasteiger partial charge is 0.368 e. The van der Waals surface area contributed by atoms with E-state index in [-0.39, 0.29) is 11.7 Å². The van der Waals surface area contributed by atoms with Crippen LogP contribution in [-0.4, -0.2) is 55.3 Å². The van der Waals surface area contributed by atoms with Crippen LogP contribution < -0.4 is 5.73 Å². The molecule has 3 rings (SSSR count). The lowest BCUT2D eigenvalue weighted by atomic mass is 10.0. The highest BCUT2D eigenvalue weighted by molar-refractivity contribution is 7.99. The number of benzene rings is 1. The Kier molecular flexibility index (Phi) is 5.32. The van der Waals surface area contributed by atoms with Crippen LogP contribution >= 0.6 is 11.8 Å². The average molecular weight is 360 g/mol. The zero-order valence-corrected chi connectivity index (χ0v) is 14.8. The second-order valence-electron chi connectivity index (χ2n) is 6.00. The van der Waals surface area contributed by atoms with Gasteiger partial charge in [-0.3, -0.25) is 9.59 Å². The second-order valence-corrected chi connectivity index (χ2v) is 6.94. The molecule has 8 nitrogen and oxygen atoms in total. The average Bonchev–Trinajstić information content (AvgIpc) is 3.09. The molecule has 1 aromatic carbocycles. The van der Waals surface area contributed by atoms with Gasteiger partial charge in [0.05, 0.1) is 11.4 Å². The maximum absolute atomic E-state index is 12.5. The summed E-state index contributed by atoms with van der Waals surface area (Å²) in [6.45, 7) is 2.57. The molecule has 0 bridgehead atoms. The van der Waals surface area contributed by atoms with E-state index in [1.54, 1.807) is 9.58 Å². The first-order valence-corrected chi connectivity index (χ1v) is 9.12. The van der Waals surface area contributed by atoms with Gasteiger partial charge in [-0.25, -0.2) is 0 Å². The van der Waals surface area contributed by atoms with Crippen molar-refractivity contribution in [2.24, 2.45) is 5.73 Å². The van der Waals surface area contributed by atoms with Crippen LogP contribution in [0, 0.1) is 6.92 Å². The smallest absolute Gasteiger partial charge is 0.240 e. The van der Waals surface area contributed by atoms with Gasteiger partial charge in [-0.15, -0.1) is 5.10 Å². The SMILES string of the molecule is Cc1ccc(-n2nnnc2SCC(=O)N2CCCC[C@@H]2C(N)=O)cc1. The molecule has 2 amide bonds. The van der Waals surface area contributed by atoms with Crippen LogP contribution in [0.1, 0.15) is 24.8 Å². The van der Waals surface area contributed by atoms with Gasteiger partial charge in [0.25, 0.3) is 0 Å². The van der Waals surface area contributed by atoms with Gasteiger partial charge in [0.1, 0.15) is 6.04 Å². The first-order chi connectivity index (χ1) is 12.1. The summed E-state index contributed by atoms with van der Waals surface area (Å²) in [6.07, 6.45) is 2.43. The second kappa shape index (κ2) is 7.64. The number of thioether (sulfide) groups is 1. The first kappa shape index (κ1) is 17.4. The summed E-state index contributed by atoms with van der Waals surface area (Å²) in [5.74, 6) is -0.398. The Morgan fingerprint density at radius 2 is 2.04 bits per heavy atom. The number of nitrogens with zero attached hydrogens (tertiary/aromatic N) is 5. The van der Waals surface area contributed by atoms with Crippen LogP contribution in [-0.2, 0) is 9.59 Å². The Balaban J connectivity index is 1.68. The highest BCUT2D eigenvalue weighted by Crippen LogP contribution is 2.22. The van der Waals surface area contributed by atoms with E-state index in [4.69, 9.17) is 5.73 Å². The predicted octanol–water partition coefficient (Wildman–Crippen LogP) is 0.929. The molecule has 0 aliphatic carbocycles. The zero-order valence-electron chi connectivity index (χ0n) is 14.0. The number of nitrogens with two attached hydrogens (primary N) is 1. The summed E-state index contributed by atoms with van der Waals surface area (Å²) in [4.78, 5) is 25.7. The Bertz CT molecular complexity index is 760. The van der Waals surface area contributed by atoms with Crippen molar-refractivity contribution >= 4 is 23.6 Å². The quantitative estimate of drug-likeness (QED) is 0.795. The van der Waals surface area contributed by atoms with E-state index in [1.807, 2.05) is 31.2 Å². The van der Waals surface area contributed by atoms with Crippen LogP contribution in [0.2, 0.25) is 0 Å². The minimum absolute atomic E-state index is 0.119. The fourth-order valence-electron chi connectivity index (χ4n) is 2.85. The van der Waals surface area contributed by atoms with E-state index >= 15 is 0 Å². The number of carbonyl (C=O) groups excluding carboxylic acids is 2. The Morgan fingerprint density at radius 3 is 2.76 bits per heavy atom. The van der Waals surface area contributed by atoms with Gasteiger partial charge < -0.3 is 10.6 Å². The number of rotatable bonds is 5. The molecule has 1 atom stereocenters. The highest BCUT2D eigenvalue weighted by Gasteiger charge is 2.30. The number of piperidine rings is 1. The Morgan fingerprint density at radius 1 is 1.28 bits per heavy atom. The fraction of sp³-hybridized carbons (Fsp3) is 0.438. The number of aryl methyl sites for hydroxylation is 1. The van der Waals surface area contributed by atoms with E-state index in [0.717, 1.165) is 24.1 Å². The lowest BCUT2D eigenvalue weighted by Crippen LogP contribution is -2.51. The van der Waals surface area contributed by atoms with Gasteiger partial charge in [-0.2, -0.15) is 4.68 Å². The molecule has 1 aliphatic heterocycles. The summed E-state index contributed by atoms with van der Waals surface area (Å²) < 4.78 is 1.60. The minimum atomic E-state index is -0.505. The molecule has 0 radical (unpaired) electrons. The molecule has 2 aromatic rings. The highest BCUT2D eigenvalue weighted by atomic mass is 32.2. The number of amides is 2. The van der Waals surface area contributed by atoms with Gasteiger partial charge in [0.15, 0.2) is 0 Å². The molecule has 2 N–H and O–H groups in total. The van der Waals surface area contributed by atoms with E-state index < -0.39 is 11.9 Å². The molecular formula is C16H20N6O2S. The lowest BCUT2D eigenvalue weighted by molar-refractivity contribution is -0.138. The maximum atomic E-state index is 12.5. The van der Waals surface area contributed by atoms with Gasteiger partial charge in [-0.05, 0) is 48.7 Å². The Labute approximate surface area is 149 Å². The van der Waals surface area contributed by atoms with Crippen LogP contribution in [0.25, 0.3) is 5.69 Å². The molecule has 1 aromatic heterocycles. The molecule has 1 fully saturated rings. The number of hydrogen-bond donors (Lipinski definition) is 1. The first-order valence-electron chi connectivity index (χ1n) is 8.13. The van der Waals surface area contributed by atoms with Crippen molar-refractivity contribution in [2.75, 3.05) is 12.3 Å². The van der Waals surface area contributed by atoms with Crippen molar-refractivity contribution in [1.29, 1.82) is 0 Å². The minimum Gasteiger partial charge on any atom is -0.368 e. The predicted molar refractivity (Wildman–Crippen MR) is 93.2 cm³/mol. The number of tetrazole rings is 1. The molecule has 1 saturated heterocycles. The molecule has 1 aliphatic rings. The summed E-state index contributed by atoms with van der Waals surface area (Å²) in [5, 5.41) is 12.2. The third-order valence-corrected chi connectivity index (χ3v) is 5.10. The van der Waals surface area contributed by atoms with Crippen LogP contribution in [0.4, 0.5) is 0 Å².